The van der Waals surface area contributed by atoms with Crippen LogP contribution in [0.5, 0.6) is 28.7 Å². The van der Waals surface area contributed by atoms with E-state index in [1.807, 2.05) is 0 Å². The number of benzene rings is 2. The molecule has 9 nitrogen and oxygen atoms in total. The van der Waals surface area contributed by atoms with E-state index in [2.05, 4.69) is 5.32 Å². The van der Waals surface area contributed by atoms with Gasteiger partial charge in [0.15, 0.2) is 29.6 Å². The molecular formula is C22H23NO8. The van der Waals surface area contributed by atoms with Crippen LogP contribution in [0.2, 0.25) is 0 Å². The first-order chi connectivity index (χ1) is 15.0. The standard InChI is InChI=1S/C22H23NO8/c1-26-18-10-14(11-19(27-2)22(18)28-3)4-7-21(25)31-13-20(24)23-15-5-6-16-17(12-15)30-9-8-29-16/h4-7,10-12H,8-9,13H2,1-3H3,(H,23,24)/b7-4+. The van der Waals surface area contributed by atoms with Gasteiger partial charge in [-0.05, 0) is 35.9 Å². The molecule has 0 saturated carbocycles. The van der Waals surface area contributed by atoms with Crippen molar-refractivity contribution in [3.8, 4) is 28.7 Å². The predicted molar refractivity (Wildman–Crippen MR) is 112 cm³/mol. The van der Waals surface area contributed by atoms with Gasteiger partial charge in [-0.15, -0.1) is 0 Å². The number of nitrogens with one attached hydrogen (secondary N) is 1. The molecule has 1 amide bonds. The number of carbonyl (C=O) groups excluding carboxylic acids is 2. The zero-order valence-corrected chi connectivity index (χ0v) is 17.4. The van der Waals surface area contributed by atoms with Gasteiger partial charge < -0.3 is 33.7 Å². The van der Waals surface area contributed by atoms with Crippen LogP contribution in [-0.2, 0) is 14.3 Å². The zero-order valence-electron chi connectivity index (χ0n) is 17.4. The first-order valence-corrected chi connectivity index (χ1v) is 9.38. The third-order valence-electron chi connectivity index (χ3n) is 4.27. The lowest BCUT2D eigenvalue weighted by Crippen LogP contribution is -2.20. The Hall–Kier alpha value is -3.88. The number of hydrogen-bond acceptors (Lipinski definition) is 8. The molecule has 0 saturated heterocycles. The Balaban J connectivity index is 1.55. The first kappa shape index (κ1) is 21.8. The molecule has 0 aliphatic carbocycles. The minimum atomic E-state index is -0.675. The molecule has 0 atom stereocenters. The quantitative estimate of drug-likeness (QED) is 0.505. The maximum Gasteiger partial charge on any atom is 0.331 e. The van der Waals surface area contributed by atoms with Crippen LogP contribution < -0.4 is 29.0 Å². The van der Waals surface area contributed by atoms with Gasteiger partial charge in [-0.2, -0.15) is 0 Å². The summed E-state index contributed by atoms with van der Waals surface area (Å²) < 4.78 is 31.7. The number of fused-ring (bicyclic) bond motifs is 1. The molecule has 0 aromatic heterocycles. The van der Waals surface area contributed by atoms with E-state index in [0.717, 1.165) is 0 Å². The number of hydrogen-bond donors (Lipinski definition) is 1. The van der Waals surface area contributed by atoms with E-state index in [1.54, 1.807) is 30.3 Å². The largest absolute Gasteiger partial charge is 0.493 e. The van der Waals surface area contributed by atoms with Crippen LogP contribution in [0.15, 0.2) is 36.4 Å². The van der Waals surface area contributed by atoms with Gasteiger partial charge in [-0.1, -0.05) is 0 Å². The Morgan fingerprint density at radius 3 is 2.29 bits per heavy atom. The van der Waals surface area contributed by atoms with E-state index in [-0.39, 0.29) is 0 Å². The maximum absolute atomic E-state index is 12.1. The van der Waals surface area contributed by atoms with Crippen molar-refractivity contribution in [2.75, 3.05) is 46.5 Å². The molecule has 0 unspecified atom stereocenters. The summed E-state index contributed by atoms with van der Waals surface area (Å²) in [4.78, 5) is 24.0. The smallest absolute Gasteiger partial charge is 0.331 e. The second-order valence-corrected chi connectivity index (χ2v) is 6.31. The van der Waals surface area contributed by atoms with Crippen LogP contribution in [-0.4, -0.2) is 53.0 Å². The summed E-state index contributed by atoms with van der Waals surface area (Å²) >= 11 is 0. The van der Waals surface area contributed by atoms with E-state index in [0.29, 0.717) is 53.2 Å². The summed E-state index contributed by atoms with van der Waals surface area (Å²) in [7, 11) is 4.50. The topological polar surface area (TPSA) is 102 Å². The fourth-order valence-corrected chi connectivity index (χ4v) is 2.86. The molecule has 1 aliphatic rings. The number of methoxy groups -OCH3 is 3. The molecule has 0 bridgehead atoms. The lowest BCUT2D eigenvalue weighted by atomic mass is 10.1. The van der Waals surface area contributed by atoms with Gasteiger partial charge in [0, 0.05) is 17.8 Å². The number of carbonyl (C=O) groups is 2. The van der Waals surface area contributed by atoms with E-state index < -0.39 is 18.5 Å². The highest BCUT2D eigenvalue weighted by Crippen LogP contribution is 2.38. The average molecular weight is 429 g/mol. The number of rotatable bonds is 8. The van der Waals surface area contributed by atoms with Crippen LogP contribution in [0.25, 0.3) is 6.08 Å². The summed E-state index contributed by atoms with van der Waals surface area (Å²) in [5, 5.41) is 2.64. The van der Waals surface area contributed by atoms with Gasteiger partial charge in [0.2, 0.25) is 5.75 Å². The molecule has 9 heteroatoms. The third kappa shape index (κ3) is 5.59. The van der Waals surface area contributed by atoms with Crippen molar-refractivity contribution in [3.63, 3.8) is 0 Å². The molecule has 3 rings (SSSR count). The highest BCUT2D eigenvalue weighted by atomic mass is 16.6. The van der Waals surface area contributed by atoms with Gasteiger partial charge >= 0.3 is 5.97 Å². The van der Waals surface area contributed by atoms with Crippen molar-refractivity contribution in [1.29, 1.82) is 0 Å². The zero-order chi connectivity index (χ0) is 22.2. The Labute approximate surface area is 179 Å². The van der Waals surface area contributed by atoms with E-state index >= 15 is 0 Å². The minimum absolute atomic E-state index is 0.438. The maximum atomic E-state index is 12.1. The Bertz CT molecular complexity index is 960. The van der Waals surface area contributed by atoms with Crippen LogP contribution in [0, 0.1) is 0 Å². The molecule has 0 fully saturated rings. The fraction of sp³-hybridized carbons (Fsp3) is 0.273. The minimum Gasteiger partial charge on any atom is -0.493 e. The van der Waals surface area contributed by atoms with Gasteiger partial charge in [0.1, 0.15) is 13.2 Å². The normalized spacial score (nSPS) is 12.2. The van der Waals surface area contributed by atoms with Crippen LogP contribution >= 0.6 is 0 Å². The van der Waals surface area contributed by atoms with Crippen molar-refractivity contribution >= 4 is 23.6 Å². The SMILES string of the molecule is COc1cc(/C=C/C(=O)OCC(=O)Nc2ccc3c(c2)OCCO3)cc(OC)c1OC. The lowest BCUT2D eigenvalue weighted by molar-refractivity contribution is -0.142. The second-order valence-electron chi connectivity index (χ2n) is 6.31. The van der Waals surface area contributed by atoms with Crippen molar-refractivity contribution in [3.05, 3.63) is 42.0 Å². The van der Waals surface area contributed by atoms with Gasteiger partial charge in [0.25, 0.3) is 5.91 Å². The molecule has 2 aromatic rings. The molecule has 31 heavy (non-hydrogen) atoms. The molecule has 1 aliphatic heterocycles. The number of amides is 1. The van der Waals surface area contributed by atoms with Crippen molar-refractivity contribution in [1.82, 2.24) is 0 Å². The van der Waals surface area contributed by atoms with Gasteiger partial charge in [-0.25, -0.2) is 4.79 Å². The summed E-state index contributed by atoms with van der Waals surface area (Å²) in [6, 6.07) is 8.39. The van der Waals surface area contributed by atoms with Crippen molar-refractivity contribution in [2.45, 2.75) is 0 Å². The number of ether oxygens (including phenoxy) is 6. The number of esters is 1. The van der Waals surface area contributed by atoms with Crippen molar-refractivity contribution in [2.24, 2.45) is 0 Å². The number of anilines is 1. The second kappa shape index (κ2) is 10.2. The van der Waals surface area contributed by atoms with Gasteiger partial charge in [0.05, 0.1) is 21.3 Å². The molecular weight excluding hydrogens is 406 g/mol. The Morgan fingerprint density at radius 2 is 1.65 bits per heavy atom. The highest BCUT2D eigenvalue weighted by Gasteiger charge is 2.14. The highest BCUT2D eigenvalue weighted by molar-refractivity contribution is 5.95. The average Bonchev–Trinajstić information content (AvgIpc) is 2.80. The molecule has 0 spiro atoms. The van der Waals surface area contributed by atoms with E-state index in [1.165, 1.54) is 33.5 Å². The molecule has 1 N–H and O–H groups in total. The molecule has 2 aromatic carbocycles. The molecule has 164 valence electrons. The van der Waals surface area contributed by atoms with Crippen LogP contribution in [0.4, 0.5) is 5.69 Å². The Morgan fingerprint density at radius 1 is 0.968 bits per heavy atom. The van der Waals surface area contributed by atoms with Crippen molar-refractivity contribution < 1.29 is 38.0 Å². The molecule has 0 radical (unpaired) electrons. The summed E-state index contributed by atoms with van der Waals surface area (Å²) in [6.45, 7) is 0.491. The van der Waals surface area contributed by atoms with E-state index in [9.17, 15) is 9.59 Å². The summed E-state index contributed by atoms with van der Waals surface area (Å²) in [6.07, 6.45) is 2.73. The monoisotopic (exact) mass is 429 g/mol. The van der Waals surface area contributed by atoms with Crippen LogP contribution in [0.1, 0.15) is 5.56 Å². The Kier molecular flexibility index (Phi) is 7.21. The summed E-state index contributed by atoms with van der Waals surface area (Å²) in [5.41, 5.74) is 1.14. The van der Waals surface area contributed by atoms with E-state index in [4.69, 9.17) is 28.4 Å². The summed E-state index contributed by atoms with van der Waals surface area (Å²) in [5.74, 6) is 1.36. The fourth-order valence-electron chi connectivity index (χ4n) is 2.86. The van der Waals surface area contributed by atoms with Crippen LogP contribution in [0.3, 0.4) is 0 Å². The lowest BCUT2D eigenvalue weighted by Gasteiger charge is -2.18. The first-order valence-electron chi connectivity index (χ1n) is 9.38. The predicted octanol–water partition coefficient (Wildman–Crippen LogP) is 2.68. The van der Waals surface area contributed by atoms with Gasteiger partial charge in [-0.3, -0.25) is 4.79 Å². The third-order valence-corrected chi connectivity index (χ3v) is 4.27. The molecule has 1 heterocycles.